The van der Waals surface area contributed by atoms with Gasteiger partial charge in [0.05, 0.1) is 12.1 Å². The Labute approximate surface area is 130 Å². The molecule has 0 amide bonds. The monoisotopic (exact) mass is 308 g/mol. The highest BCUT2D eigenvalue weighted by atomic mass is 35.5. The van der Waals surface area contributed by atoms with Gasteiger partial charge < -0.3 is 27.2 Å². The highest BCUT2D eigenvalue weighted by Gasteiger charge is 2.07. The van der Waals surface area contributed by atoms with Gasteiger partial charge in [-0.25, -0.2) is 4.79 Å². The predicted molar refractivity (Wildman–Crippen MR) is 77.6 cm³/mol. The smallest absolute Gasteiger partial charge is 0.335 e. The third-order valence-corrected chi connectivity index (χ3v) is 2.93. The van der Waals surface area contributed by atoms with Gasteiger partial charge in [0.2, 0.25) is 0 Å². The quantitative estimate of drug-likeness (QED) is 0.811. The van der Waals surface area contributed by atoms with Gasteiger partial charge in [-0.2, -0.15) is 0 Å². The van der Waals surface area contributed by atoms with E-state index < -0.39 is 5.97 Å². The zero-order chi connectivity index (χ0) is 14.5. The Morgan fingerprint density at radius 1 is 1.19 bits per heavy atom. The molecular weight excluding hydrogens is 290 g/mol. The SMILES string of the molecule is CC(C)CNCc1ccc(-c2ccc(C(=O)O)cc2)o1.[Cl-]. The molecule has 1 heterocycles. The summed E-state index contributed by atoms with van der Waals surface area (Å²) in [5, 5.41) is 12.2. The Hall–Kier alpha value is -1.78. The highest BCUT2D eigenvalue weighted by molar-refractivity contribution is 5.88. The third-order valence-electron chi connectivity index (χ3n) is 2.93. The predicted octanol–water partition coefficient (Wildman–Crippen LogP) is 0.394. The molecule has 0 saturated heterocycles. The number of rotatable bonds is 6. The van der Waals surface area contributed by atoms with Crippen molar-refractivity contribution in [2.24, 2.45) is 5.92 Å². The molecule has 0 unspecified atom stereocenters. The molecule has 0 radical (unpaired) electrons. The van der Waals surface area contributed by atoms with Gasteiger partial charge in [0, 0.05) is 5.56 Å². The van der Waals surface area contributed by atoms with E-state index in [1.54, 1.807) is 24.3 Å². The lowest BCUT2D eigenvalue weighted by Gasteiger charge is -2.05. The van der Waals surface area contributed by atoms with Crippen LogP contribution >= 0.6 is 0 Å². The minimum atomic E-state index is -0.922. The first-order valence-electron chi connectivity index (χ1n) is 6.69. The molecule has 0 saturated carbocycles. The average Bonchev–Trinajstić information content (AvgIpc) is 2.87. The number of furan rings is 1. The first-order chi connectivity index (χ1) is 9.56. The number of benzene rings is 1. The summed E-state index contributed by atoms with van der Waals surface area (Å²) in [5.41, 5.74) is 1.16. The van der Waals surface area contributed by atoms with Crippen LogP contribution in [-0.4, -0.2) is 17.6 Å². The zero-order valence-electron chi connectivity index (χ0n) is 12.1. The van der Waals surface area contributed by atoms with Crippen LogP contribution in [0, 0.1) is 5.92 Å². The minimum Gasteiger partial charge on any atom is -1.00 e. The van der Waals surface area contributed by atoms with Crippen LogP contribution in [0.1, 0.15) is 30.0 Å². The number of halogens is 1. The Morgan fingerprint density at radius 2 is 1.86 bits per heavy atom. The minimum absolute atomic E-state index is 0. The van der Waals surface area contributed by atoms with Gasteiger partial charge in [-0.05, 0) is 36.7 Å². The normalized spacial score (nSPS) is 10.4. The van der Waals surface area contributed by atoms with Crippen LogP contribution in [-0.2, 0) is 6.54 Å². The topological polar surface area (TPSA) is 62.5 Å². The molecule has 0 fully saturated rings. The Kier molecular flexibility index (Phi) is 6.46. The number of aromatic carboxylic acids is 1. The standard InChI is InChI=1S/C16H19NO3.ClH/c1-11(2)9-17-10-14-7-8-15(20-14)12-3-5-13(6-4-12)16(18)19;/h3-8,11,17H,9-10H2,1-2H3,(H,18,19);1H/p-1. The maximum Gasteiger partial charge on any atom is 0.335 e. The van der Waals surface area contributed by atoms with E-state index in [0.29, 0.717) is 12.5 Å². The molecule has 4 nitrogen and oxygen atoms in total. The van der Waals surface area contributed by atoms with E-state index in [9.17, 15) is 4.79 Å². The van der Waals surface area contributed by atoms with Crippen LogP contribution in [0.4, 0.5) is 0 Å². The van der Waals surface area contributed by atoms with E-state index in [2.05, 4.69) is 19.2 Å². The molecule has 0 bridgehead atoms. The van der Waals surface area contributed by atoms with Crippen LogP contribution < -0.4 is 17.7 Å². The van der Waals surface area contributed by atoms with Crippen LogP contribution in [0.5, 0.6) is 0 Å². The molecule has 2 aromatic rings. The van der Waals surface area contributed by atoms with Crippen molar-refractivity contribution in [2.75, 3.05) is 6.54 Å². The van der Waals surface area contributed by atoms with Crippen molar-refractivity contribution in [2.45, 2.75) is 20.4 Å². The van der Waals surface area contributed by atoms with E-state index in [4.69, 9.17) is 9.52 Å². The van der Waals surface area contributed by atoms with Crippen LogP contribution in [0.2, 0.25) is 0 Å². The summed E-state index contributed by atoms with van der Waals surface area (Å²) < 4.78 is 5.74. The molecule has 21 heavy (non-hydrogen) atoms. The average molecular weight is 309 g/mol. The van der Waals surface area contributed by atoms with E-state index in [-0.39, 0.29) is 18.0 Å². The fraction of sp³-hybridized carbons (Fsp3) is 0.312. The largest absolute Gasteiger partial charge is 1.00 e. The lowest BCUT2D eigenvalue weighted by atomic mass is 10.1. The summed E-state index contributed by atoms with van der Waals surface area (Å²) >= 11 is 0. The number of hydrogen-bond acceptors (Lipinski definition) is 3. The van der Waals surface area contributed by atoms with Crippen molar-refractivity contribution < 1.29 is 26.7 Å². The van der Waals surface area contributed by atoms with Crippen molar-refractivity contribution in [3.63, 3.8) is 0 Å². The second kappa shape index (κ2) is 7.86. The molecule has 1 aromatic carbocycles. The number of carboxylic acids is 1. The molecule has 2 N–H and O–H groups in total. The van der Waals surface area contributed by atoms with Crippen LogP contribution in [0.15, 0.2) is 40.8 Å². The van der Waals surface area contributed by atoms with Crippen molar-refractivity contribution in [1.82, 2.24) is 5.32 Å². The molecule has 0 atom stereocenters. The summed E-state index contributed by atoms with van der Waals surface area (Å²) in [7, 11) is 0. The number of carboxylic acid groups (broad SMARTS) is 1. The van der Waals surface area contributed by atoms with Gasteiger partial charge in [0.25, 0.3) is 0 Å². The van der Waals surface area contributed by atoms with Gasteiger partial charge >= 0.3 is 5.97 Å². The van der Waals surface area contributed by atoms with E-state index in [1.807, 2.05) is 12.1 Å². The van der Waals surface area contributed by atoms with Gasteiger partial charge in [-0.3, -0.25) is 0 Å². The summed E-state index contributed by atoms with van der Waals surface area (Å²) in [4.78, 5) is 10.8. The lowest BCUT2D eigenvalue weighted by molar-refractivity contribution is -0.0000203. The Bertz CT molecular complexity index is 575. The fourth-order valence-corrected chi connectivity index (χ4v) is 1.89. The molecule has 2 rings (SSSR count). The number of carbonyl (C=O) groups is 1. The van der Waals surface area contributed by atoms with Gasteiger partial charge in [-0.15, -0.1) is 0 Å². The molecule has 5 heteroatoms. The van der Waals surface area contributed by atoms with Crippen LogP contribution in [0.25, 0.3) is 11.3 Å². The fourth-order valence-electron chi connectivity index (χ4n) is 1.89. The highest BCUT2D eigenvalue weighted by Crippen LogP contribution is 2.22. The van der Waals surface area contributed by atoms with Crippen molar-refractivity contribution in [1.29, 1.82) is 0 Å². The van der Waals surface area contributed by atoms with Crippen LogP contribution in [0.3, 0.4) is 0 Å². The second-order valence-electron chi connectivity index (χ2n) is 5.17. The van der Waals surface area contributed by atoms with Crippen molar-refractivity contribution in [3.8, 4) is 11.3 Å². The first kappa shape index (κ1) is 17.3. The molecule has 0 aliphatic heterocycles. The number of nitrogens with one attached hydrogen (secondary N) is 1. The first-order valence-corrected chi connectivity index (χ1v) is 6.69. The van der Waals surface area contributed by atoms with E-state index in [1.165, 1.54) is 0 Å². The second-order valence-corrected chi connectivity index (χ2v) is 5.17. The van der Waals surface area contributed by atoms with Crippen molar-refractivity contribution >= 4 is 5.97 Å². The van der Waals surface area contributed by atoms with Gasteiger partial charge in [0.15, 0.2) is 0 Å². The van der Waals surface area contributed by atoms with Crippen molar-refractivity contribution in [3.05, 3.63) is 47.7 Å². The lowest BCUT2D eigenvalue weighted by Crippen LogP contribution is -3.00. The maximum atomic E-state index is 10.8. The Balaban J connectivity index is 0.00000220. The molecule has 114 valence electrons. The summed E-state index contributed by atoms with van der Waals surface area (Å²) in [6.45, 7) is 5.96. The third kappa shape index (κ3) is 4.92. The van der Waals surface area contributed by atoms with E-state index >= 15 is 0 Å². The number of hydrogen-bond donors (Lipinski definition) is 2. The summed E-state index contributed by atoms with van der Waals surface area (Å²) in [5.74, 6) is 1.31. The summed E-state index contributed by atoms with van der Waals surface area (Å²) in [6.07, 6.45) is 0. The molecule has 1 aromatic heterocycles. The molecule has 0 aliphatic rings. The molecular formula is C16H19ClNO3-. The van der Waals surface area contributed by atoms with Gasteiger partial charge in [-0.1, -0.05) is 26.0 Å². The summed E-state index contributed by atoms with van der Waals surface area (Å²) in [6, 6.07) is 10.5. The maximum absolute atomic E-state index is 10.8. The molecule has 0 aliphatic carbocycles. The van der Waals surface area contributed by atoms with E-state index in [0.717, 1.165) is 23.6 Å². The van der Waals surface area contributed by atoms with Gasteiger partial charge in [0.1, 0.15) is 11.5 Å². The zero-order valence-corrected chi connectivity index (χ0v) is 12.9. The molecule has 0 spiro atoms. The Morgan fingerprint density at radius 3 is 2.43 bits per heavy atom.